The first-order chi connectivity index (χ1) is 14.6. The second kappa shape index (κ2) is 7.84. The number of halogens is 1. The van der Waals surface area contributed by atoms with E-state index in [9.17, 15) is 4.39 Å². The maximum atomic E-state index is 13.6. The predicted molar refractivity (Wildman–Crippen MR) is 121 cm³/mol. The fourth-order valence-corrected chi connectivity index (χ4v) is 5.21. The first-order valence-corrected chi connectivity index (χ1v) is 11.0. The molecule has 0 radical (unpaired) electrons. The molecular formula is C26H28FN3. The third-order valence-electron chi connectivity index (χ3n) is 6.79. The molecule has 0 bridgehead atoms. The fourth-order valence-electron chi connectivity index (χ4n) is 5.21. The van der Waals surface area contributed by atoms with Gasteiger partial charge in [-0.15, -0.1) is 0 Å². The summed E-state index contributed by atoms with van der Waals surface area (Å²) < 4.78 is 13.6. The highest BCUT2D eigenvalue weighted by molar-refractivity contribution is 5.92. The van der Waals surface area contributed by atoms with E-state index in [0.29, 0.717) is 6.04 Å². The minimum atomic E-state index is -0.213. The van der Waals surface area contributed by atoms with Crippen LogP contribution in [-0.2, 0) is 0 Å². The molecule has 2 aromatic heterocycles. The van der Waals surface area contributed by atoms with E-state index in [2.05, 4.69) is 46.9 Å². The van der Waals surface area contributed by atoms with Crippen molar-refractivity contribution in [2.75, 3.05) is 13.1 Å². The Hall–Kier alpha value is -2.72. The van der Waals surface area contributed by atoms with Gasteiger partial charge in [0.1, 0.15) is 5.82 Å². The molecule has 30 heavy (non-hydrogen) atoms. The minimum absolute atomic E-state index is 0.213. The number of fused-ring (bicyclic) bond motifs is 1. The van der Waals surface area contributed by atoms with Crippen molar-refractivity contribution in [1.29, 1.82) is 0 Å². The molecule has 154 valence electrons. The summed E-state index contributed by atoms with van der Waals surface area (Å²) in [5.41, 5.74) is 8.31. The minimum Gasteiger partial charge on any atom is -0.358 e. The van der Waals surface area contributed by atoms with Gasteiger partial charge in [0.05, 0.1) is 5.69 Å². The largest absolute Gasteiger partial charge is 0.358 e. The van der Waals surface area contributed by atoms with Crippen molar-refractivity contribution < 1.29 is 4.39 Å². The van der Waals surface area contributed by atoms with Gasteiger partial charge in [-0.3, -0.25) is 9.88 Å². The maximum Gasteiger partial charge on any atom is 0.123 e. The number of hydrogen-bond donors (Lipinski definition) is 1. The smallest absolute Gasteiger partial charge is 0.123 e. The summed E-state index contributed by atoms with van der Waals surface area (Å²) in [7, 11) is 0. The zero-order valence-corrected chi connectivity index (χ0v) is 17.7. The van der Waals surface area contributed by atoms with Crippen LogP contribution in [0, 0.1) is 18.7 Å². The Kier molecular flexibility index (Phi) is 5.03. The summed E-state index contributed by atoms with van der Waals surface area (Å²) in [5.74, 6) is 0.599. The van der Waals surface area contributed by atoms with Crippen LogP contribution in [0.4, 0.5) is 4.39 Å². The van der Waals surface area contributed by atoms with Crippen LogP contribution in [0.2, 0.25) is 0 Å². The molecular weight excluding hydrogens is 373 g/mol. The molecule has 0 aliphatic carbocycles. The second-order valence-electron chi connectivity index (χ2n) is 8.63. The molecule has 1 N–H and O–H groups in total. The van der Waals surface area contributed by atoms with Crippen LogP contribution in [0.25, 0.3) is 28.0 Å². The van der Waals surface area contributed by atoms with E-state index in [-0.39, 0.29) is 5.82 Å². The zero-order chi connectivity index (χ0) is 20.7. The third kappa shape index (κ3) is 3.39. The van der Waals surface area contributed by atoms with Gasteiger partial charge < -0.3 is 4.98 Å². The molecule has 0 spiro atoms. The Labute approximate surface area is 177 Å². The number of aryl methyl sites for hydroxylation is 1. The van der Waals surface area contributed by atoms with Gasteiger partial charge in [0, 0.05) is 48.3 Å². The number of aromatic amines is 1. The lowest BCUT2D eigenvalue weighted by atomic mass is 9.89. The predicted octanol–water partition coefficient (Wildman–Crippen LogP) is 6.08. The summed E-state index contributed by atoms with van der Waals surface area (Å²) >= 11 is 0. The van der Waals surface area contributed by atoms with Crippen molar-refractivity contribution in [1.82, 2.24) is 14.9 Å². The maximum absolute atomic E-state index is 13.6. The third-order valence-corrected chi connectivity index (χ3v) is 6.79. The van der Waals surface area contributed by atoms with Crippen LogP contribution in [0.15, 0.2) is 54.9 Å². The van der Waals surface area contributed by atoms with Crippen molar-refractivity contribution in [3.63, 3.8) is 0 Å². The lowest BCUT2D eigenvalue weighted by molar-refractivity contribution is 0.281. The van der Waals surface area contributed by atoms with Crippen LogP contribution in [0.3, 0.4) is 0 Å². The first kappa shape index (κ1) is 19.3. The molecule has 2 aliphatic heterocycles. The van der Waals surface area contributed by atoms with Crippen LogP contribution >= 0.6 is 0 Å². The SMILES string of the molecule is CCC1CC2C=C(c3c(C)[nH]c(-c4ccc(F)cc4)c3-c3ccncc3)CCN2C1. The van der Waals surface area contributed by atoms with Crippen LogP contribution in [0.1, 0.15) is 37.4 Å². The van der Waals surface area contributed by atoms with Gasteiger partial charge >= 0.3 is 0 Å². The van der Waals surface area contributed by atoms with Crippen molar-refractivity contribution in [2.24, 2.45) is 5.92 Å². The molecule has 1 fully saturated rings. The van der Waals surface area contributed by atoms with E-state index in [1.165, 1.54) is 53.9 Å². The quantitative estimate of drug-likeness (QED) is 0.575. The lowest BCUT2D eigenvalue weighted by Gasteiger charge is -2.29. The van der Waals surface area contributed by atoms with E-state index >= 15 is 0 Å². The Morgan fingerprint density at radius 2 is 1.83 bits per heavy atom. The molecule has 3 aromatic rings. The van der Waals surface area contributed by atoms with E-state index in [1.54, 1.807) is 0 Å². The highest BCUT2D eigenvalue weighted by atomic mass is 19.1. The standard InChI is InChI=1S/C26H28FN3/c1-3-18-14-23-15-21(10-13-30(23)16-18)24-17(2)29-26(20-4-6-22(27)7-5-20)25(24)19-8-11-28-12-9-19/h4-9,11-12,15,18,23,29H,3,10,13-14,16H2,1-2H3. The number of pyridine rings is 1. The topological polar surface area (TPSA) is 31.9 Å². The molecule has 2 unspecified atom stereocenters. The molecule has 3 nitrogen and oxygen atoms in total. The second-order valence-corrected chi connectivity index (χ2v) is 8.63. The summed E-state index contributed by atoms with van der Waals surface area (Å²) in [4.78, 5) is 10.5. The molecule has 1 aromatic carbocycles. The van der Waals surface area contributed by atoms with Crippen molar-refractivity contribution in [3.05, 3.63) is 71.9 Å². The number of H-pyrrole nitrogens is 1. The van der Waals surface area contributed by atoms with E-state index < -0.39 is 0 Å². The van der Waals surface area contributed by atoms with Gasteiger partial charge in [-0.05, 0) is 78.8 Å². The summed E-state index contributed by atoms with van der Waals surface area (Å²) in [6.45, 7) is 6.82. The molecule has 0 saturated carbocycles. The van der Waals surface area contributed by atoms with Crippen LogP contribution in [-0.4, -0.2) is 34.0 Å². The Morgan fingerprint density at radius 1 is 1.07 bits per heavy atom. The summed E-state index contributed by atoms with van der Waals surface area (Å²) in [6, 6.07) is 11.5. The average molecular weight is 402 g/mol. The average Bonchev–Trinajstić information content (AvgIpc) is 3.34. The molecule has 4 heterocycles. The highest BCUT2D eigenvalue weighted by Gasteiger charge is 2.33. The van der Waals surface area contributed by atoms with Gasteiger partial charge in [0.2, 0.25) is 0 Å². The number of aromatic nitrogens is 2. The Morgan fingerprint density at radius 3 is 2.57 bits per heavy atom. The van der Waals surface area contributed by atoms with Gasteiger partial charge in [-0.1, -0.05) is 19.4 Å². The van der Waals surface area contributed by atoms with E-state index in [0.717, 1.165) is 35.7 Å². The number of benzene rings is 1. The van der Waals surface area contributed by atoms with E-state index in [4.69, 9.17) is 0 Å². The molecule has 1 saturated heterocycles. The fraction of sp³-hybridized carbons (Fsp3) is 0.346. The molecule has 4 heteroatoms. The Bertz CT molecular complexity index is 1070. The molecule has 0 amide bonds. The van der Waals surface area contributed by atoms with Crippen molar-refractivity contribution in [2.45, 2.75) is 39.2 Å². The molecule has 5 rings (SSSR count). The van der Waals surface area contributed by atoms with E-state index in [1.807, 2.05) is 24.5 Å². The van der Waals surface area contributed by atoms with Gasteiger partial charge in [0.15, 0.2) is 0 Å². The van der Waals surface area contributed by atoms with Crippen LogP contribution in [0.5, 0.6) is 0 Å². The van der Waals surface area contributed by atoms with Crippen LogP contribution < -0.4 is 0 Å². The number of nitrogens with one attached hydrogen (secondary N) is 1. The molecule has 2 aliphatic rings. The number of rotatable bonds is 4. The zero-order valence-electron chi connectivity index (χ0n) is 17.7. The number of hydrogen-bond acceptors (Lipinski definition) is 2. The molecule has 2 atom stereocenters. The van der Waals surface area contributed by atoms with Gasteiger partial charge in [-0.25, -0.2) is 4.39 Å². The highest BCUT2D eigenvalue weighted by Crippen LogP contribution is 2.43. The van der Waals surface area contributed by atoms with Gasteiger partial charge in [-0.2, -0.15) is 0 Å². The monoisotopic (exact) mass is 401 g/mol. The lowest BCUT2D eigenvalue weighted by Crippen LogP contribution is -2.32. The summed E-state index contributed by atoms with van der Waals surface area (Å²) in [6.07, 6.45) is 9.78. The van der Waals surface area contributed by atoms with Crippen molar-refractivity contribution >= 4 is 5.57 Å². The van der Waals surface area contributed by atoms with Gasteiger partial charge in [0.25, 0.3) is 0 Å². The normalized spacial score (nSPS) is 21.5. The number of nitrogens with zero attached hydrogens (tertiary/aromatic N) is 2. The Balaban J connectivity index is 1.65. The van der Waals surface area contributed by atoms with Crippen molar-refractivity contribution in [3.8, 4) is 22.4 Å². The first-order valence-electron chi connectivity index (χ1n) is 11.0. The summed E-state index contributed by atoms with van der Waals surface area (Å²) in [5, 5.41) is 0.